The lowest BCUT2D eigenvalue weighted by molar-refractivity contribution is 0.0714. The lowest BCUT2D eigenvalue weighted by Crippen LogP contribution is -2.51. The molecule has 20 heavy (non-hydrogen) atoms. The van der Waals surface area contributed by atoms with Crippen molar-refractivity contribution in [2.75, 3.05) is 19.6 Å². The van der Waals surface area contributed by atoms with Crippen molar-refractivity contribution in [2.45, 2.75) is 51.5 Å². The number of rotatable bonds is 1. The van der Waals surface area contributed by atoms with Gasteiger partial charge in [-0.05, 0) is 44.2 Å². The molecule has 110 valence electrons. The van der Waals surface area contributed by atoms with Crippen LogP contribution in [-0.2, 0) is 12.8 Å². The predicted octanol–water partition coefficient (Wildman–Crippen LogP) is 2.84. The van der Waals surface area contributed by atoms with Crippen LogP contribution in [0.3, 0.4) is 0 Å². The van der Waals surface area contributed by atoms with Gasteiger partial charge in [-0.3, -0.25) is 4.79 Å². The normalized spacial score (nSPS) is 23.9. The summed E-state index contributed by atoms with van der Waals surface area (Å²) >= 11 is 1.75. The van der Waals surface area contributed by atoms with E-state index < -0.39 is 0 Å². The first-order chi connectivity index (χ1) is 9.74. The molecule has 1 amide bonds. The number of hydrogen-bond acceptors (Lipinski definition) is 3. The average molecular weight is 292 g/mol. The Morgan fingerprint density at radius 2 is 2.10 bits per heavy atom. The van der Waals surface area contributed by atoms with Crippen LogP contribution < -0.4 is 5.32 Å². The minimum Gasteiger partial charge on any atom is -0.335 e. The van der Waals surface area contributed by atoms with Crippen molar-refractivity contribution in [2.24, 2.45) is 0 Å². The van der Waals surface area contributed by atoms with Gasteiger partial charge in [-0.25, -0.2) is 0 Å². The summed E-state index contributed by atoms with van der Waals surface area (Å²) in [4.78, 5) is 17.1. The van der Waals surface area contributed by atoms with E-state index in [0.29, 0.717) is 6.04 Å². The van der Waals surface area contributed by atoms with Crippen LogP contribution in [0.25, 0.3) is 0 Å². The van der Waals surface area contributed by atoms with Gasteiger partial charge in [-0.15, -0.1) is 11.3 Å². The molecule has 1 atom stereocenters. The second-order valence-corrected chi connectivity index (χ2v) is 7.22. The van der Waals surface area contributed by atoms with Crippen LogP contribution in [0.4, 0.5) is 0 Å². The number of carbonyl (C=O) groups is 1. The Hall–Kier alpha value is -0.870. The van der Waals surface area contributed by atoms with E-state index in [0.717, 1.165) is 30.9 Å². The number of carbonyl (C=O) groups excluding carboxylic acids is 1. The molecule has 1 N–H and O–H groups in total. The third-order valence-electron chi connectivity index (χ3n) is 4.36. The first kappa shape index (κ1) is 14.1. The van der Waals surface area contributed by atoms with E-state index in [-0.39, 0.29) is 5.91 Å². The topological polar surface area (TPSA) is 32.3 Å². The van der Waals surface area contributed by atoms with Crippen LogP contribution in [0, 0.1) is 0 Å². The molecule has 4 heteroatoms. The Kier molecular flexibility index (Phi) is 4.41. The van der Waals surface area contributed by atoms with Crippen molar-refractivity contribution in [3.05, 3.63) is 21.4 Å². The Bertz CT molecular complexity index is 457. The summed E-state index contributed by atoms with van der Waals surface area (Å²) < 4.78 is 0. The highest BCUT2D eigenvalue weighted by Crippen LogP contribution is 2.29. The second-order valence-electron chi connectivity index (χ2n) is 6.08. The van der Waals surface area contributed by atoms with Crippen LogP contribution in [0.2, 0.25) is 0 Å². The summed E-state index contributed by atoms with van der Waals surface area (Å²) in [5, 5.41) is 3.39. The molecule has 2 aliphatic rings. The number of thiophene rings is 1. The Morgan fingerprint density at radius 3 is 2.90 bits per heavy atom. The predicted molar refractivity (Wildman–Crippen MR) is 83.6 cm³/mol. The van der Waals surface area contributed by atoms with E-state index in [1.54, 1.807) is 11.3 Å². The zero-order valence-corrected chi connectivity index (χ0v) is 13.1. The molecule has 1 aromatic rings. The molecule has 1 aromatic heterocycles. The number of hydrogen-bond donors (Lipinski definition) is 1. The summed E-state index contributed by atoms with van der Waals surface area (Å²) in [5.41, 5.74) is 1.45. The molecule has 1 saturated heterocycles. The largest absolute Gasteiger partial charge is 0.335 e. The number of nitrogens with one attached hydrogen (secondary N) is 1. The molecule has 3 nitrogen and oxygen atoms in total. The van der Waals surface area contributed by atoms with Crippen molar-refractivity contribution in [1.29, 1.82) is 0 Å². The van der Waals surface area contributed by atoms with Gasteiger partial charge in [0.25, 0.3) is 5.91 Å². The summed E-state index contributed by atoms with van der Waals surface area (Å²) in [5.74, 6) is 0.245. The average Bonchev–Trinajstić information content (AvgIpc) is 2.80. The van der Waals surface area contributed by atoms with Crippen molar-refractivity contribution < 1.29 is 4.79 Å². The minimum atomic E-state index is 0.245. The maximum absolute atomic E-state index is 12.6. The van der Waals surface area contributed by atoms with Crippen LogP contribution in [-0.4, -0.2) is 36.5 Å². The highest BCUT2D eigenvalue weighted by Gasteiger charge is 2.24. The first-order valence-corrected chi connectivity index (χ1v) is 8.70. The molecule has 1 unspecified atom stereocenters. The van der Waals surface area contributed by atoms with Crippen molar-refractivity contribution in [3.8, 4) is 0 Å². The van der Waals surface area contributed by atoms with Gasteiger partial charge in [0, 0.05) is 30.6 Å². The maximum Gasteiger partial charge on any atom is 0.264 e. The van der Waals surface area contributed by atoms with Crippen LogP contribution >= 0.6 is 11.3 Å². The van der Waals surface area contributed by atoms with Gasteiger partial charge in [0.1, 0.15) is 0 Å². The maximum atomic E-state index is 12.6. The zero-order valence-electron chi connectivity index (χ0n) is 12.3. The minimum absolute atomic E-state index is 0.245. The van der Waals surface area contributed by atoms with E-state index in [1.807, 2.05) is 4.90 Å². The molecule has 1 fully saturated rings. The molecule has 2 heterocycles. The molecular weight excluding hydrogens is 268 g/mol. The van der Waals surface area contributed by atoms with E-state index in [1.165, 1.54) is 42.5 Å². The Balaban J connectivity index is 1.76. The SMILES string of the molecule is CC1CN(C(=O)c2cc3c(s2)CCCCCC3)CCN1. The van der Waals surface area contributed by atoms with Gasteiger partial charge in [0.05, 0.1) is 4.88 Å². The third-order valence-corrected chi connectivity index (χ3v) is 5.59. The summed E-state index contributed by atoms with van der Waals surface area (Å²) in [6, 6.07) is 2.59. The lowest BCUT2D eigenvalue weighted by atomic mass is 10.00. The second kappa shape index (κ2) is 6.27. The summed E-state index contributed by atoms with van der Waals surface area (Å²) in [6.45, 7) is 4.73. The quantitative estimate of drug-likeness (QED) is 0.863. The molecule has 0 aromatic carbocycles. The monoisotopic (exact) mass is 292 g/mol. The number of aryl methyl sites for hydroxylation is 2. The molecular formula is C16H24N2OS. The van der Waals surface area contributed by atoms with Crippen molar-refractivity contribution >= 4 is 17.2 Å². The van der Waals surface area contributed by atoms with Gasteiger partial charge >= 0.3 is 0 Å². The highest BCUT2D eigenvalue weighted by molar-refractivity contribution is 7.14. The Labute approximate surface area is 125 Å². The van der Waals surface area contributed by atoms with E-state index in [2.05, 4.69) is 18.3 Å². The van der Waals surface area contributed by atoms with Crippen LogP contribution in [0.1, 0.15) is 52.7 Å². The molecule has 0 spiro atoms. The van der Waals surface area contributed by atoms with Gasteiger partial charge < -0.3 is 10.2 Å². The van der Waals surface area contributed by atoms with E-state index >= 15 is 0 Å². The van der Waals surface area contributed by atoms with Crippen LogP contribution in [0.15, 0.2) is 6.07 Å². The number of nitrogens with zero attached hydrogens (tertiary/aromatic N) is 1. The van der Waals surface area contributed by atoms with Gasteiger partial charge in [-0.2, -0.15) is 0 Å². The third kappa shape index (κ3) is 3.07. The van der Waals surface area contributed by atoms with Gasteiger partial charge in [-0.1, -0.05) is 12.8 Å². The fourth-order valence-electron chi connectivity index (χ4n) is 3.22. The first-order valence-electron chi connectivity index (χ1n) is 7.88. The fourth-order valence-corrected chi connectivity index (χ4v) is 4.44. The zero-order chi connectivity index (χ0) is 13.9. The van der Waals surface area contributed by atoms with E-state index in [4.69, 9.17) is 0 Å². The van der Waals surface area contributed by atoms with Gasteiger partial charge in [0.15, 0.2) is 0 Å². The summed E-state index contributed by atoms with van der Waals surface area (Å²) in [7, 11) is 0. The van der Waals surface area contributed by atoms with Crippen molar-refractivity contribution in [1.82, 2.24) is 10.2 Å². The fraction of sp³-hybridized carbons (Fsp3) is 0.688. The molecule has 3 rings (SSSR count). The standard InChI is InChI=1S/C16H24N2OS/c1-12-11-18(9-8-17-12)16(19)15-10-13-6-4-2-3-5-7-14(13)20-15/h10,12,17H,2-9,11H2,1H3. The van der Waals surface area contributed by atoms with Crippen molar-refractivity contribution in [3.63, 3.8) is 0 Å². The Morgan fingerprint density at radius 1 is 1.30 bits per heavy atom. The van der Waals surface area contributed by atoms with Crippen LogP contribution in [0.5, 0.6) is 0 Å². The highest BCUT2D eigenvalue weighted by atomic mass is 32.1. The molecule has 1 aliphatic carbocycles. The number of amides is 1. The molecule has 0 saturated carbocycles. The molecule has 0 bridgehead atoms. The smallest absolute Gasteiger partial charge is 0.264 e. The summed E-state index contributed by atoms with van der Waals surface area (Å²) in [6.07, 6.45) is 7.58. The lowest BCUT2D eigenvalue weighted by Gasteiger charge is -2.31. The molecule has 0 radical (unpaired) electrons. The van der Waals surface area contributed by atoms with Gasteiger partial charge in [0.2, 0.25) is 0 Å². The number of fused-ring (bicyclic) bond motifs is 1. The van der Waals surface area contributed by atoms with E-state index in [9.17, 15) is 4.79 Å². The molecule has 1 aliphatic heterocycles. The number of piperazine rings is 1.